The number of nitrogens with one attached hydrogen (secondary N) is 1. The topological polar surface area (TPSA) is 92.8 Å². The molecule has 134 valence electrons. The summed E-state index contributed by atoms with van der Waals surface area (Å²) in [5.41, 5.74) is 0. The van der Waals surface area contributed by atoms with Crippen molar-refractivity contribution in [3.05, 3.63) is 12.5 Å². The Morgan fingerprint density at radius 2 is 1.71 bits per heavy atom. The Morgan fingerprint density at radius 3 is 2.38 bits per heavy atom. The van der Waals surface area contributed by atoms with Crippen LogP contribution in [0.4, 0.5) is 4.79 Å². The smallest absolute Gasteiger partial charge is 0.320 e. The lowest BCUT2D eigenvalue weighted by Gasteiger charge is -2.35. The van der Waals surface area contributed by atoms with Crippen molar-refractivity contribution in [2.45, 2.75) is 11.4 Å². The van der Waals surface area contributed by atoms with Crippen LogP contribution in [0.2, 0.25) is 0 Å². The van der Waals surface area contributed by atoms with E-state index < -0.39 is 10.0 Å². The number of amides is 2. The van der Waals surface area contributed by atoms with Gasteiger partial charge in [-0.05, 0) is 13.5 Å². The molecule has 3 heterocycles. The molecule has 24 heavy (non-hydrogen) atoms. The fourth-order valence-corrected chi connectivity index (χ4v) is 4.41. The Hall–Kier alpha value is -1.65. The third kappa shape index (κ3) is 3.55. The molecule has 0 unspecified atom stereocenters. The highest BCUT2D eigenvalue weighted by atomic mass is 32.2. The van der Waals surface area contributed by atoms with Gasteiger partial charge in [0.2, 0.25) is 0 Å². The zero-order chi connectivity index (χ0) is 17.2. The zero-order valence-electron chi connectivity index (χ0n) is 13.9. The second-order valence-corrected chi connectivity index (χ2v) is 8.14. The van der Waals surface area contributed by atoms with Crippen LogP contribution in [0.1, 0.15) is 6.42 Å². The summed E-state index contributed by atoms with van der Waals surface area (Å²) in [4.78, 5) is 24.9. The summed E-state index contributed by atoms with van der Waals surface area (Å²) in [5, 5.41) is 0.0985. The lowest BCUT2D eigenvalue weighted by molar-refractivity contribution is 0.124. The fraction of sp³-hybridized carbons (Fsp3) is 0.714. The monoisotopic (exact) mass is 356 g/mol. The van der Waals surface area contributed by atoms with Crippen LogP contribution in [0.5, 0.6) is 0 Å². The summed E-state index contributed by atoms with van der Waals surface area (Å²) in [6.07, 6.45) is 3.30. The minimum atomic E-state index is -3.57. The number of piperazine rings is 1. The third-order valence-electron chi connectivity index (χ3n) is 4.59. The van der Waals surface area contributed by atoms with E-state index in [0.717, 1.165) is 26.2 Å². The maximum absolute atomic E-state index is 12.6. The molecule has 3 rings (SSSR count). The Labute approximate surface area is 142 Å². The first-order valence-electron chi connectivity index (χ1n) is 8.19. The molecule has 0 aromatic carbocycles. The van der Waals surface area contributed by atoms with Crippen molar-refractivity contribution < 1.29 is 13.2 Å². The molecule has 0 aliphatic carbocycles. The number of sulfonamides is 1. The fourth-order valence-electron chi connectivity index (χ4n) is 3.05. The molecule has 0 bridgehead atoms. The van der Waals surface area contributed by atoms with Crippen LogP contribution < -0.4 is 0 Å². The summed E-state index contributed by atoms with van der Waals surface area (Å²) < 4.78 is 26.5. The van der Waals surface area contributed by atoms with Crippen molar-refractivity contribution in [3.8, 4) is 0 Å². The zero-order valence-corrected chi connectivity index (χ0v) is 14.7. The number of H-pyrrole nitrogens is 1. The molecule has 2 amide bonds. The lowest BCUT2D eigenvalue weighted by Crippen LogP contribution is -2.52. The van der Waals surface area contributed by atoms with Gasteiger partial charge in [0, 0.05) is 52.4 Å². The van der Waals surface area contributed by atoms with Gasteiger partial charge in [-0.2, -0.15) is 4.31 Å². The number of aromatic nitrogens is 2. The first-order chi connectivity index (χ1) is 11.5. The van der Waals surface area contributed by atoms with E-state index in [2.05, 4.69) is 14.9 Å². The van der Waals surface area contributed by atoms with E-state index in [1.807, 2.05) is 11.9 Å². The number of nitrogens with zero attached hydrogens (tertiary/aromatic N) is 5. The molecular formula is C14H24N6O3S. The summed E-state index contributed by atoms with van der Waals surface area (Å²) in [6.45, 7) is 4.91. The first kappa shape index (κ1) is 17.2. The number of hydrogen-bond donors (Lipinski definition) is 1. The van der Waals surface area contributed by atoms with E-state index in [1.54, 1.807) is 4.90 Å². The minimum absolute atomic E-state index is 0.0175. The Morgan fingerprint density at radius 1 is 1.04 bits per heavy atom. The molecule has 1 aromatic heterocycles. The Bertz CT molecular complexity index is 654. The van der Waals surface area contributed by atoms with E-state index in [4.69, 9.17) is 0 Å². The van der Waals surface area contributed by atoms with Crippen molar-refractivity contribution in [1.29, 1.82) is 0 Å². The van der Waals surface area contributed by atoms with Crippen LogP contribution in [0.3, 0.4) is 0 Å². The van der Waals surface area contributed by atoms with Crippen molar-refractivity contribution in [2.24, 2.45) is 0 Å². The molecular weight excluding hydrogens is 332 g/mol. The maximum Gasteiger partial charge on any atom is 0.320 e. The number of imidazole rings is 1. The summed E-state index contributed by atoms with van der Waals surface area (Å²) in [5.74, 6) is 0. The highest BCUT2D eigenvalue weighted by Gasteiger charge is 2.31. The average molecular weight is 356 g/mol. The van der Waals surface area contributed by atoms with Crippen LogP contribution in [0.25, 0.3) is 0 Å². The Kier molecular flexibility index (Phi) is 5.07. The van der Waals surface area contributed by atoms with Gasteiger partial charge in [-0.3, -0.25) is 0 Å². The molecule has 9 nitrogen and oxygen atoms in total. The SMILES string of the molecule is CN1CCN(C(=O)N2CCCN(S(=O)(=O)c3cnc[nH]3)CC2)CC1. The van der Waals surface area contributed by atoms with Crippen LogP contribution in [0, 0.1) is 0 Å². The Balaban J connectivity index is 1.62. The van der Waals surface area contributed by atoms with E-state index in [-0.39, 0.29) is 11.1 Å². The van der Waals surface area contributed by atoms with Gasteiger partial charge in [-0.1, -0.05) is 0 Å². The van der Waals surface area contributed by atoms with Crippen molar-refractivity contribution >= 4 is 16.1 Å². The highest BCUT2D eigenvalue weighted by Crippen LogP contribution is 2.16. The summed E-state index contributed by atoms with van der Waals surface area (Å²) in [6, 6.07) is 0.0175. The second-order valence-electron chi connectivity index (χ2n) is 6.23. The summed E-state index contributed by atoms with van der Waals surface area (Å²) in [7, 11) is -1.52. The predicted octanol–water partition coefficient (Wildman–Crippen LogP) is -0.526. The van der Waals surface area contributed by atoms with Gasteiger partial charge >= 0.3 is 6.03 Å². The van der Waals surface area contributed by atoms with Gasteiger partial charge in [-0.15, -0.1) is 0 Å². The third-order valence-corrected chi connectivity index (χ3v) is 6.41. The van der Waals surface area contributed by atoms with Crippen LogP contribution >= 0.6 is 0 Å². The minimum Gasteiger partial charge on any atom is -0.335 e. The maximum atomic E-state index is 12.6. The molecule has 2 aliphatic heterocycles. The molecule has 0 saturated carbocycles. The molecule has 0 atom stereocenters. The number of likely N-dealkylation sites (N-methyl/N-ethyl adjacent to an activating group) is 1. The van der Waals surface area contributed by atoms with Gasteiger partial charge in [0.1, 0.15) is 0 Å². The quantitative estimate of drug-likeness (QED) is 0.769. The normalized spacial score (nSPS) is 21.7. The van der Waals surface area contributed by atoms with Gasteiger partial charge in [0.25, 0.3) is 10.0 Å². The number of carbonyl (C=O) groups is 1. The van der Waals surface area contributed by atoms with E-state index in [0.29, 0.717) is 32.6 Å². The molecule has 1 aromatic rings. The molecule has 2 saturated heterocycles. The van der Waals surface area contributed by atoms with E-state index in [1.165, 1.54) is 16.8 Å². The summed E-state index contributed by atoms with van der Waals surface area (Å²) >= 11 is 0. The van der Waals surface area contributed by atoms with Gasteiger partial charge in [0.05, 0.1) is 12.5 Å². The van der Waals surface area contributed by atoms with Crippen molar-refractivity contribution in [1.82, 2.24) is 29.0 Å². The number of aromatic amines is 1. The number of hydrogen-bond acceptors (Lipinski definition) is 5. The standard InChI is InChI=1S/C14H24N6O3S/c1-17-5-7-19(8-6-17)14(21)18-3-2-4-20(10-9-18)24(22,23)13-11-15-12-16-13/h11-12H,2-10H2,1H3,(H,15,16). The van der Waals surface area contributed by atoms with Gasteiger partial charge in [0.15, 0.2) is 5.03 Å². The second kappa shape index (κ2) is 7.08. The van der Waals surface area contributed by atoms with E-state index in [9.17, 15) is 13.2 Å². The van der Waals surface area contributed by atoms with Crippen molar-refractivity contribution in [2.75, 3.05) is 59.4 Å². The van der Waals surface area contributed by atoms with Gasteiger partial charge < -0.3 is 19.7 Å². The molecule has 1 N–H and O–H groups in total. The van der Waals surface area contributed by atoms with Gasteiger partial charge in [-0.25, -0.2) is 18.2 Å². The molecule has 10 heteroatoms. The molecule has 0 radical (unpaired) electrons. The molecule has 2 aliphatic rings. The first-order valence-corrected chi connectivity index (χ1v) is 9.63. The average Bonchev–Trinajstić information content (AvgIpc) is 3.00. The highest BCUT2D eigenvalue weighted by molar-refractivity contribution is 7.89. The number of urea groups is 1. The lowest BCUT2D eigenvalue weighted by atomic mass is 10.3. The molecule has 2 fully saturated rings. The molecule has 0 spiro atoms. The van der Waals surface area contributed by atoms with Crippen LogP contribution in [0.15, 0.2) is 17.6 Å². The largest absolute Gasteiger partial charge is 0.335 e. The number of rotatable bonds is 2. The van der Waals surface area contributed by atoms with Crippen LogP contribution in [-0.4, -0.2) is 103 Å². The number of carbonyl (C=O) groups excluding carboxylic acids is 1. The predicted molar refractivity (Wildman–Crippen MR) is 88.0 cm³/mol. The van der Waals surface area contributed by atoms with Crippen molar-refractivity contribution in [3.63, 3.8) is 0 Å². The van der Waals surface area contributed by atoms with Crippen LogP contribution in [-0.2, 0) is 10.0 Å². The van der Waals surface area contributed by atoms with E-state index >= 15 is 0 Å².